The fraction of sp³-hybridized carbons (Fsp3) is 0.280. The highest BCUT2D eigenvalue weighted by Gasteiger charge is 2.17. The number of carboxylic acid groups (broad SMARTS) is 1. The lowest BCUT2D eigenvalue weighted by molar-refractivity contribution is -0.148. The number of esters is 1. The number of rotatable bonds is 11. The van der Waals surface area contributed by atoms with Crippen LogP contribution in [-0.2, 0) is 14.3 Å². The van der Waals surface area contributed by atoms with Crippen molar-refractivity contribution < 1.29 is 28.9 Å². The van der Waals surface area contributed by atoms with E-state index in [-0.39, 0.29) is 18.8 Å². The highest BCUT2D eigenvalue weighted by Crippen LogP contribution is 2.35. The topological polar surface area (TPSA) is 82.1 Å². The van der Waals surface area contributed by atoms with Gasteiger partial charge in [0, 0.05) is 23.5 Å². The predicted octanol–water partition coefficient (Wildman–Crippen LogP) is 4.98. The summed E-state index contributed by atoms with van der Waals surface area (Å²) in [6.45, 7) is 6.33. The van der Waals surface area contributed by atoms with Crippen LogP contribution in [0.25, 0.3) is 21.5 Å². The molecule has 0 aromatic heterocycles. The lowest BCUT2D eigenvalue weighted by atomic mass is 10.00. The molecule has 0 aliphatic heterocycles. The zero-order valence-electron chi connectivity index (χ0n) is 17.5. The number of benzene rings is 3. The molecule has 1 N–H and O–H groups in total. The van der Waals surface area contributed by atoms with Crippen LogP contribution in [0.3, 0.4) is 0 Å². The molecule has 3 aromatic carbocycles. The van der Waals surface area contributed by atoms with Crippen molar-refractivity contribution in [1.29, 1.82) is 0 Å². The number of fused-ring (bicyclic) bond motifs is 2. The third kappa shape index (κ3) is 5.61. The van der Waals surface area contributed by atoms with Crippen LogP contribution >= 0.6 is 0 Å². The van der Waals surface area contributed by atoms with Crippen molar-refractivity contribution in [3.8, 4) is 5.75 Å². The number of carbonyl (C=O) groups excluding carboxylic acids is 1. The van der Waals surface area contributed by atoms with Crippen molar-refractivity contribution in [2.75, 3.05) is 19.8 Å². The maximum absolute atomic E-state index is 11.8. The van der Waals surface area contributed by atoms with E-state index in [9.17, 15) is 14.7 Å². The molecule has 0 saturated carbocycles. The molecule has 1 atom stereocenters. The molecular weight excluding hydrogens is 396 g/mol. The Kier molecular flexibility index (Phi) is 7.62. The second-order valence-corrected chi connectivity index (χ2v) is 7.17. The minimum absolute atomic E-state index is 0.0616. The fourth-order valence-corrected chi connectivity index (χ4v) is 3.28. The SMILES string of the molecule is C=CC(=O)OC(COCCCC)COc1c2ccccc2cc2ccc(C(=O)O)cc12. The first-order chi connectivity index (χ1) is 15.0. The van der Waals surface area contributed by atoms with E-state index in [1.165, 1.54) is 0 Å². The number of unbranched alkanes of at least 4 members (excludes halogenated alkanes) is 1. The molecule has 3 rings (SSSR count). The average molecular weight is 422 g/mol. The van der Waals surface area contributed by atoms with Gasteiger partial charge in [-0.3, -0.25) is 0 Å². The second-order valence-electron chi connectivity index (χ2n) is 7.17. The van der Waals surface area contributed by atoms with Gasteiger partial charge in [0.15, 0.2) is 6.10 Å². The Morgan fingerprint density at radius 2 is 1.84 bits per heavy atom. The Hall–Kier alpha value is -3.38. The van der Waals surface area contributed by atoms with Gasteiger partial charge in [0.2, 0.25) is 0 Å². The van der Waals surface area contributed by atoms with Gasteiger partial charge in [-0.1, -0.05) is 50.3 Å². The lowest BCUT2D eigenvalue weighted by Crippen LogP contribution is -2.29. The Morgan fingerprint density at radius 1 is 1.06 bits per heavy atom. The Bertz CT molecular complexity index is 1090. The third-order valence-electron chi connectivity index (χ3n) is 4.87. The molecule has 6 nitrogen and oxygen atoms in total. The van der Waals surface area contributed by atoms with E-state index in [1.54, 1.807) is 18.2 Å². The fourth-order valence-electron chi connectivity index (χ4n) is 3.28. The molecule has 162 valence electrons. The molecular formula is C25H26O6. The van der Waals surface area contributed by atoms with Gasteiger partial charge in [0.05, 0.1) is 12.2 Å². The van der Waals surface area contributed by atoms with E-state index >= 15 is 0 Å². The first-order valence-corrected chi connectivity index (χ1v) is 10.3. The monoisotopic (exact) mass is 422 g/mol. The number of aromatic carboxylic acids is 1. The number of hydrogen-bond donors (Lipinski definition) is 1. The molecule has 0 aliphatic carbocycles. The lowest BCUT2D eigenvalue weighted by Gasteiger charge is -2.20. The Labute approximate surface area is 181 Å². The molecule has 31 heavy (non-hydrogen) atoms. The van der Waals surface area contributed by atoms with E-state index < -0.39 is 18.0 Å². The molecule has 0 saturated heterocycles. The summed E-state index contributed by atoms with van der Waals surface area (Å²) in [4.78, 5) is 23.2. The van der Waals surface area contributed by atoms with Gasteiger partial charge in [0.25, 0.3) is 0 Å². The van der Waals surface area contributed by atoms with Crippen molar-refractivity contribution in [2.24, 2.45) is 0 Å². The molecule has 0 bridgehead atoms. The molecule has 0 spiro atoms. The van der Waals surface area contributed by atoms with Crippen LogP contribution < -0.4 is 4.74 Å². The van der Waals surface area contributed by atoms with E-state index in [1.807, 2.05) is 30.3 Å². The molecule has 0 fully saturated rings. The van der Waals surface area contributed by atoms with Crippen molar-refractivity contribution in [1.82, 2.24) is 0 Å². The first-order valence-electron chi connectivity index (χ1n) is 10.3. The van der Waals surface area contributed by atoms with E-state index in [0.717, 1.165) is 35.1 Å². The molecule has 6 heteroatoms. The van der Waals surface area contributed by atoms with Crippen LogP contribution in [0, 0.1) is 0 Å². The Morgan fingerprint density at radius 3 is 2.58 bits per heavy atom. The summed E-state index contributed by atoms with van der Waals surface area (Å²) in [6, 6.07) is 14.6. The van der Waals surface area contributed by atoms with Crippen LogP contribution in [0.5, 0.6) is 5.75 Å². The molecule has 1 unspecified atom stereocenters. The van der Waals surface area contributed by atoms with Gasteiger partial charge >= 0.3 is 11.9 Å². The van der Waals surface area contributed by atoms with Gasteiger partial charge in [-0.15, -0.1) is 0 Å². The van der Waals surface area contributed by atoms with Crippen LogP contribution in [0.4, 0.5) is 0 Å². The smallest absolute Gasteiger partial charge is 0.335 e. The van der Waals surface area contributed by atoms with Crippen LogP contribution in [-0.4, -0.2) is 43.0 Å². The zero-order valence-corrected chi connectivity index (χ0v) is 17.5. The summed E-state index contributed by atoms with van der Waals surface area (Å²) in [5, 5.41) is 12.8. The maximum atomic E-state index is 11.8. The van der Waals surface area contributed by atoms with Gasteiger partial charge in [-0.05, 0) is 35.4 Å². The van der Waals surface area contributed by atoms with Crippen LogP contribution in [0.1, 0.15) is 30.1 Å². The minimum atomic E-state index is -1.01. The van der Waals surface area contributed by atoms with Crippen molar-refractivity contribution in [2.45, 2.75) is 25.9 Å². The van der Waals surface area contributed by atoms with E-state index in [0.29, 0.717) is 17.7 Å². The molecule has 0 amide bonds. The third-order valence-corrected chi connectivity index (χ3v) is 4.87. The highest BCUT2D eigenvalue weighted by atomic mass is 16.6. The summed E-state index contributed by atoms with van der Waals surface area (Å²) in [7, 11) is 0. The maximum Gasteiger partial charge on any atom is 0.335 e. The number of carbonyl (C=O) groups is 2. The minimum Gasteiger partial charge on any atom is -0.488 e. The molecule has 3 aromatic rings. The highest BCUT2D eigenvalue weighted by molar-refractivity contribution is 6.07. The molecule has 0 radical (unpaired) electrons. The average Bonchev–Trinajstić information content (AvgIpc) is 2.78. The van der Waals surface area contributed by atoms with Crippen molar-refractivity contribution in [3.05, 3.63) is 66.7 Å². The zero-order chi connectivity index (χ0) is 22.2. The number of hydrogen-bond acceptors (Lipinski definition) is 5. The van der Waals surface area contributed by atoms with Crippen LogP contribution in [0.2, 0.25) is 0 Å². The second kappa shape index (κ2) is 10.6. The number of carboxylic acids is 1. The summed E-state index contributed by atoms with van der Waals surface area (Å²) < 4.78 is 17.2. The van der Waals surface area contributed by atoms with E-state index in [4.69, 9.17) is 14.2 Å². The predicted molar refractivity (Wildman–Crippen MR) is 120 cm³/mol. The largest absolute Gasteiger partial charge is 0.488 e. The van der Waals surface area contributed by atoms with Crippen LogP contribution in [0.15, 0.2) is 61.2 Å². The van der Waals surface area contributed by atoms with Gasteiger partial charge in [-0.2, -0.15) is 0 Å². The Balaban J connectivity index is 1.93. The summed E-state index contributed by atoms with van der Waals surface area (Å²) in [5.41, 5.74) is 0.171. The standard InChI is InChI=1S/C25H26O6/c1-3-5-12-29-15-20(31-23(26)4-2)16-30-24-21-9-7-6-8-17(21)13-18-10-11-19(25(27)28)14-22(18)24/h4,6-11,13-14,20H,2-3,5,12,15-16H2,1H3,(H,27,28). The normalized spacial score (nSPS) is 11.9. The van der Waals surface area contributed by atoms with Crippen molar-refractivity contribution >= 4 is 33.5 Å². The van der Waals surface area contributed by atoms with E-state index in [2.05, 4.69) is 13.5 Å². The molecule has 0 heterocycles. The van der Waals surface area contributed by atoms with Gasteiger partial charge < -0.3 is 19.3 Å². The first kappa shape index (κ1) is 22.3. The van der Waals surface area contributed by atoms with Gasteiger partial charge in [-0.25, -0.2) is 9.59 Å². The quantitative estimate of drug-likeness (QED) is 0.203. The summed E-state index contributed by atoms with van der Waals surface area (Å²) in [5.74, 6) is -1.02. The summed E-state index contributed by atoms with van der Waals surface area (Å²) in [6.07, 6.45) is 2.39. The van der Waals surface area contributed by atoms with Crippen molar-refractivity contribution in [3.63, 3.8) is 0 Å². The molecule has 0 aliphatic rings. The van der Waals surface area contributed by atoms with Gasteiger partial charge in [0.1, 0.15) is 12.4 Å². The number of ether oxygens (including phenoxy) is 3. The summed E-state index contributed by atoms with van der Waals surface area (Å²) >= 11 is 0.